The molecule has 0 fully saturated rings. The van der Waals surface area contributed by atoms with Crippen LogP contribution in [0.15, 0.2) is 116 Å². The van der Waals surface area contributed by atoms with Crippen molar-refractivity contribution in [2.24, 2.45) is 0 Å². The molecule has 1 N–H and O–H groups in total. The van der Waals surface area contributed by atoms with Crippen LogP contribution in [0.1, 0.15) is 68.7 Å². The fourth-order valence-electron chi connectivity index (χ4n) is 4.00. The summed E-state index contributed by atoms with van der Waals surface area (Å²) in [7, 11) is 0. The van der Waals surface area contributed by atoms with Gasteiger partial charge in [-0.3, -0.25) is 15.0 Å². The van der Waals surface area contributed by atoms with Crippen molar-refractivity contribution >= 4 is 22.2 Å². The van der Waals surface area contributed by atoms with Crippen molar-refractivity contribution in [3.8, 4) is 0 Å². The predicted molar refractivity (Wildman–Crippen MR) is 186 cm³/mol. The largest absolute Gasteiger partial charge is 0.361 e. The van der Waals surface area contributed by atoms with Gasteiger partial charge in [0.25, 0.3) is 0 Å². The highest BCUT2D eigenvalue weighted by Crippen LogP contribution is 2.17. The number of benzene rings is 1. The monoisotopic (exact) mass is 595 g/mol. The molecular formula is C37H49N5S. The van der Waals surface area contributed by atoms with Crippen molar-refractivity contribution < 1.29 is 0 Å². The number of unbranched alkanes of at least 4 members (excludes halogenated alkanes) is 2. The van der Waals surface area contributed by atoms with Gasteiger partial charge in [0.15, 0.2) is 0 Å². The number of H-pyrrole nitrogens is 1. The quantitative estimate of drug-likeness (QED) is 0.187. The first kappa shape index (κ1) is 35.2. The van der Waals surface area contributed by atoms with Crippen LogP contribution in [0.3, 0.4) is 0 Å². The Morgan fingerprint density at radius 2 is 1.56 bits per heavy atom. The number of aryl methyl sites for hydroxylation is 5. The van der Waals surface area contributed by atoms with Gasteiger partial charge in [-0.25, -0.2) is 0 Å². The van der Waals surface area contributed by atoms with Gasteiger partial charge in [0.1, 0.15) is 0 Å². The highest BCUT2D eigenvalue weighted by atomic mass is 32.1. The number of hydrogen-bond acceptors (Lipinski definition) is 4. The molecule has 6 rings (SSSR count). The van der Waals surface area contributed by atoms with E-state index in [1.165, 1.54) is 59.1 Å². The lowest BCUT2D eigenvalue weighted by atomic mass is 10.1. The Balaban J connectivity index is 0.000000190. The number of aromatic nitrogens is 5. The fourth-order valence-corrected chi connectivity index (χ4v) is 4.65. The average Bonchev–Trinajstić information content (AvgIpc) is 3.87. The second-order valence-corrected chi connectivity index (χ2v) is 10.9. The fraction of sp³-hybridized carbons (Fsp3) is 0.324. The van der Waals surface area contributed by atoms with Crippen molar-refractivity contribution in [1.82, 2.24) is 24.5 Å². The molecule has 6 heteroatoms. The average molecular weight is 596 g/mol. The number of fused-ring (bicyclic) bond motifs is 1. The van der Waals surface area contributed by atoms with Crippen molar-refractivity contribution in [2.45, 2.75) is 79.7 Å². The summed E-state index contributed by atoms with van der Waals surface area (Å²) >= 11 is 1.82. The molecule has 228 valence electrons. The minimum absolute atomic E-state index is 0.966. The van der Waals surface area contributed by atoms with Crippen LogP contribution < -0.4 is 0 Å². The summed E-state index contributed by atoms with van der Waals surface area (Å²) in [5.74, 6) is 0. The van der Waals surface area contributed by atoms with Gasteiger partial charge in [0, 0.05) is 71.9 Å². The summed E-state index contributed by atoms with van der Waals surface area (Å²) in [5, 5.41) is 3.47. The van der Waals surface area contributed by atoms with E-state index < -0.39 is 0 Å². The van der Waals surface area contributed by atoms with Gasteiger partial charge in [-0.1, -0.05) is 64.8 Å². The molecule has 0 aliphatic rings. The van der Waals surface area contributed by atoms with E-state index in [1.54, 1.807) is 24.8 Å². The van der Waals surface area contributed by atoms with Gasteiger partial charge >= 0.3 is 0 Å². The third kappa shape index (κ3) is 15.1. The van der Waals surface area contributed by atoms with Crippen molar-refractivity contribution in [3.63, 3.8) is 0 Å². The van der Waals surface area contributed by atoms with E-state index in [4.69, 9.17) is 0 Å². The number of hydrogen-bond donors (Lipinski definition) is 1. The molecule has 0 spiro atoms. The molecule has 0 bridgehead atoms. The molecule has 0 aliphatic carbocycles. The van der Waals surface area contributed by atoms with Gasteiger partial charge in [0.05, 0.1) is 5.69 Å². The molecule has 0 atom stereocenters. The normalized spacial score (nSPS) is 9.70. The number of rotatable bonds is 7. The molecule has 0 amide bonds. The Hall–Kier alpha value is -4.03. The van der Waals surface area contributed by atoms with Crippen LogP contribution in [0, 0.1) is 6.92 Å². The first-order valence-corrected chi connectivity index (χ1v) is 16.3. The van der Waals surface area contributed by atoms with E-state index in [9.17, 15) is 0 Å². The van der Waals surface area contributed by atoms with Gasteiger partial charge in [-0.15, -0.1) is 11.3 Å². The molecule has 1 aromatic carbocycles. The van der Waals surface area contributed by atoms with Crippen molar-refractivity contribution in [1.29, 1.82) is 0 Å². The Morgan fingerprint density at radius 3 is 2.07 bits per heavy atom. The molecule has 0 saturated carbocycles. The zero-order valence-electron chi connectivity index (χ0n) is 26.6. The minimum Gasteiger partial charge on any atom is -0.361 e. The zero-order valence-corrected chi connectivity index (χ0v) is 27.4. The number of aromatic amines is 1. The molecular weight excluding hydrogens is 547 g/mol. The van der Waals surface area contributed by atoms with Gasteiger partial charge in [-0.05, 0) is 85.5 Å². The van der Waals surface area contributed by atoms with Crippen LogP contribution in [-0.2, 0) is 25.8 Å². The third-order valence-corrected chi connectivity index (χ3v) is 7.49. The molecule has 5 aromatic heterocycles. The second kappa shape index (κ2) is 22.6. The standard InChI is InChI=1S/C10H11N.C9H15N.C6H8N2.C6H7N.C6H8S/c1-2-8-4-3-5-10-9(8)6-7-11-10;1-2-3-4-7-10-8-5-6-9-10;1-2-6-5-7-3-4-8-6;1-6-3-2-4-7-5-6;1-2-6-4-3-5-7-6/h3-7,11H,2H2,1H3;5-6,8-9H,2-4,7H2,1H3;3-5H,2H2,1H3;2-5H,1H3;3-5H,2H2,1H3. The smallest absolute Gasteiger partial charge is 0.0583 e. The van der Waals surface area contributed by atoms with E-state index >= 15 is 0 Å². The highest BCUT2D eigenvalue weighted by molar-refractivity contribution is 7.09. The summed E-state index contributed by atoms with van der Waals surface area (Å²) in [6, 6.07) is 20.9. The molecule has 5 nitrogen and oxygen atoms in total. The maximum Gasteiger partial charge on any atom is 0.0583 e. The predicted octanol–water partition coefficient (Wildman–Crippen LogP) is 10.1. The SMILES string of the molecule is CCCCCn1cccc1.CCc1cccc2[nH]ccc12.CCc1cccs1.CCc1cnccn1.Cc1cccnc1. The van der Waals surface area contributed by atoms with Crippen LogP contribution in [0.25, 0.3) is 10.9 Å². The van der Waals surface area contributed by atoms with E-state index in [0.29, 0.717) is 0 Å². The lowest BCUT2D eigenvalue weighted by Gasteiger charge is -1.99. The maximum atomic E-state index is 4.03. The van der Waals surface area contributed by atoms with Gasteiger partial charge < -0.3 is 9.55 Å². The van der Waals surface area contributed by atoms with Gasteiger partial charge in [0.2, 0.25) is 0 Å². The van der Waals surface area contributed by atoms with Crippen LogP contribution in [0.4, 0.5) is 0 Å². The molecule has 43 heavy (non-hydrogen) atoms. The van der Waals surface area contributed by atoms with E-state index in [0.717, 1.165) is 18.5 Å². The lowest BCUT2D eigenvalue weighted by molar-refractivity contribution is 0.604. The first-order chi connectivity index (χ1) is 21.1. The minimum atomic E-state index is 0.966. The maximum absolute atomic E-state index is 4.03. The summed E-state index contributed by atoms with van der Waals surface area (Å²) in [5.41, 5.74) is 4.92. The number of nitrogens with one attached hydrogen (secondary N) is 1. The summed E-state index contributed by atoms with van der Waals surface area (Å²) < 4.78 is 2.23. The molecule has 6 aromatic rings. The number of pyridine rings is 1. The molecule has 0 unspecified atom stereocenters. The van der Waals surface area contributed by atoms with E-state index in [1.807, 2.05) is 42.8 Å². The van der Waals surface area contributed by atoms with Crippen LogP contribution in [0.5, 0.6) is 0 Å². The summed E-state index contributed by atoms with van der Waals surface area (Å²) in [4.78, 5) is 16.5. The molecule has 0 saturated heterocycles. The van der Waals surface area contributed by atoms with Crippen molar-refractivity contribution in [2.75, 3.05) is 0 Å². The molecule has 0 aliphatic heterocycles. The Morgan fingerprint density at radius 1 is 0.744 bits per heavy atom. The number of thiophene rings is 1. The Kier molecular flexibility index (Phi) is 18.4. The van der Waals surface area contributed by atoms with Gasteiger partial charge in [-0.2, -0.15) is 0 Å². The zero-order chi connectivity index (χ0) is 31.0. The molecule has 5 heterocycles. The lowest BCUT2D eigenvalue weighted by Crippen LogP contribution is -1.92. The Labute approximate surface area is 263 Å². The first-order valence-electron chi connectivity index (χ1n) is 15.4. The van der Waals surface area contributed by atoms with Crippen LogP contribution >= 0.6 is 11.3 Å². The topological polar surface area (TPSA) is 59.4 Å². The summed E-state index contributed by atoms with van der Waals surface area (Å²) in [6.45, 7) is 11.8. The van der Waals surface area contributed by atoms with E-state index in [-0.39, 0.29) is 0 Å². The van der Waals surface area contributed by atoms with E-state index in [2.05, 4.69) is 119 Å². The van der Waals surface area contributed by atoms with Crippen LogP contribution in [0.2, 0.25) is 0 Å². The Bertz CT molecular complexity index is 1430. The second-order valence-electron chi connectivity index (χ2n) is 9.85. The van der Waals surface area contributed by atoms with Crippen LogP contribution in [-0.4, -0.2) is 24.5 Å². The molecule has 0 radical (unpaired) electrons. The number of nitrogens with zero attached hydrogens (tertiary/aromatic N) is 4. The highest BCUT2D eigenvalue weighted by Gasteiger charge is 1.97. The third-order valence-electron chi connectivity index (χ3n) is 6.47. The summed E-state index contributed by atoms with van der Waals surface area (Å²) in [6.07, 6.45) is 22.2. The van der Waals surface area contributed by atoms with Crippen molar-refractivity contribution in [3.05, 3.63) is 137 Å².